The van der Waals surface area contributed by atoms with Crippen molar-refractivity contribution in [1.82, 2.24) is 5.32 Å². The summed E-state index contributed by atoms with van der Waals surface area (Å²) >= 11 is 0. The van der Waals surface area contributed by atoms with Crippen LogP contribution in [0.1, 0.15) is 31.7 Å². The van der Waals surface area contributed by atoms with Crippen LogP contribution in [-0.4, -0.2) is 18.6 Å². The molecule has 0 radical (unpaired) electrons. The van der Waals surface area contributed by atoms with Crippen molar-refractivity contribution in [3.8, 4) is 0 Å². The molecule has 0 bridgehead atoms. The van der Waals surface area contributed by atoms with E-state index in [2.05, 4.69) is 23.5 Å². The van der Waals surface area contributed by atoms with Crippen molar-refractivity contribution >= 4 is 5.97 Å². The maximum atomic E-state index is 12.0. The van der Waals surface area contributed by atoms with Crippen molar-refractivity contribution in [2.45, 2.75) is 38.8 Å². The molecule has 0 fully saturated rings. The van der Waals surface area contributed by atoms with Gasteiger partial charge in [-0.05, 0) is 37.3 Å². The summed E-state index contributed by atoms with van der Waals surface area (Å²) in [6.45, 7) is 2.95. The Hall–Kier alpha value is -1.61. The summed E-state index contributed by atoms with van der Waals surface area (Å²) in [5.74, 6) is -0.161. The Labute approximate surface area is 114 Å². The van der Waals surface area contributed by atoms with Gasteiger partial charge in [0.05, 0.1) is 6.61 Å². The Morgan fingerprint density at radius 2 is 2.16 bits per heavy atom. The average molecular weight is 259 g/mol. The highest BCUT2D eigenvalue weighted by molar-refractivity contribution is 5.79. The van der Waals surface area contributed by atoms with Crippen LogP contribution >= 0.6 is 0 Å². The van der Waals surface area contributed by atoms with E-state index in [1.165, 1.54) is 11.1 Å². The fourth-order valence-electron chi connectivity index (χ4n) is 2.37. The summed E-state index contributed by atoms with van der Waals surface area (Å²) in [5, 5.41) is 3.32. The van der Waals surface area contributed by atoms with Gasteiger partial charge in [-0.1, -0.05) is 36.4 Å². The van der Waals surface area contributed by atoms with E-state index in [-0.39, 0.29) is 12.0 Å². The van der Waals surface area contributed by atoms with Gasteiger partial charge in [-0.3, -0.25) is 5.32 Å². The highest BCUT2D eigenvalue weighted by Gasteiger charge is 2.25. The zero-order valence-electron chi connectivity index (χ0n) is 11.4. The van der Waals surface area contributed by atoms with Crippen molar-refractivity contribution in [3.63, 3.8) is 0 Å². The fourth-order valence-corrected chi connectivity index (χ4v) is 2.37. The third-order valence-electron chi connectivity index (χ3n) is 3.32. The molecule has 0 aliphatic heterocycles. The van der Waals surface area contributed by atoms with E-state index < -0.39 is 0 Å². The van der Waals surface area contributed by atoms with Gasteiger partial charge >= 0.3 is 5.97 Å². The average Bonchev–Trinajstić information content (AvgIpc) is 2.94. The van der Waals surface area contributed by atoms with E-state index >= 15 is 0 Å². The normalized spacial score (nSPS) is 15.9. The van der Waals surface area contributed by atoms with E-state index in [1.54, 1.807) is 0 Å². The number of ether oxygens (including phenoxy) is 1. The first-order valence-electron chi connectivity index (χ1n) is 6.94. The van der Waals surface area contributed by atoms with E-state index in [1.807, 2.05) is 25.1 Å². The lowest BCUT2D eigenvalue weighted by Gasteiger charge is -2.18. The second-order valence-corrected chi connectivity index (χ2v) is 4.72. The molecule has 0 aromatic heterocycles. The molecule has 2 rings (SSSR count). The largest absolute Gasteiger partial charge is 0.465 e. The molecule has 1 aromatic rings. The molecular formula is C16H21NO2. The van der Waals surface area contributed by atoms with Crippen molar-refractivity contribution < 1.29 is 9.53 Å². The van der Waals surface area contributed by atoms with Gasteiger partial charge < -0.3 is 4.74 Å². The number of hydrogen-bond acceptors (Lipinski definition) is 3. The van der Waals surface area contributed by atoms with Crippen LogP contribution in [0.5, 0.6) is 0 Å². The van der Waals surface area contributed by atoms with Gasteiger partial charge in [0.25, 0.3) is 0 Å². The smallest absolute Gasteiger partial charge is 0.327 e. The van der Waals surface area contributed by atoms with E-state index in [0.29, 0.717) is 13.2 Å². The van der Waals surface area contributed by atoms with Crippen LogP contribution in [0.25, 0.3) is 0 Å². The third-order valence-corrected chi connectivity index (χ3v) is 3.32. The zero-order valence-corrected chi connectivity index (χ0v) is 11.4. The van der Waals surface area contributed by atoms with Crippen LogP contribution in [-0.2, 0) is 16.1 Å². The lowest BCUT2D eigenvalue weighted by molar-refractivity contribution is -0.144. The minimum absolute atomic E-state index is 0.161. The second-order valence-electron chi connectivity index (χ2n) is 4.72. The number of nitrogens with one attached hydrogen (secondary N) is 1. The number of hydrogen-bond donors (Lipinski definition) is 1. The highest BCUT2D eigenvalue weighted by Crippen LogP contribution is 2.22. The zero-order chi connectivity index (χ0) is 13.5. The topological polar surface area (TPSA) is 38.3 Å². The molecule has 3 nitrogen and oxygen atoms in total. The van der Waals surface area contributed by atoms with Crippen LogP contribution in [0.15, 0.2) is 42.0 Å². The molecule has 0 saturated carbocycles. The Morgan fingerprint density at radius 1 is 1.37 bits per heavy atom. The summed E-state index contributed by atoms with van der Waals surface area (Å²) < 4.78 is 5.16. The molecule has 0 amide bonds. The molecule has 0 spiro atoms. The minimum Gasteiger partial charge on any atom is -0.465 e. The highest BCUT2D eigenvalue weighted by atomic mass is 16.5. The molecule has 1 aliphatic carbocycles. The van der Waals surface area contributed by atoms with E-state index in [9.17, 15) is 4.79 Å². The molecule has 19 heavy (non-hydrogen) atoms. The summed E-state index contributed by atoms with van der Waals surface area (Å²) in [6.07, 6.45) is 5.36. The van der Waals surface area contributed by atoms with Crippen LogP contribution in [0, 0.1) is 0 Å². The molecule has 1 aliphatic rings. The lowest BCUT2D eigenvalue weighted by atomic mass is 10.1. The maximum absolute atomic E-state index is 12.0. The Bertz CT molecular complexity index is 439. The van der Waals surface area contributed by atoms with Crippen molar-refractivity contribution in [3.05, 3.63) is 47.5 Å². The predicted molar refractivity (Wildman–Crippen MR) is 75.6 cm³/mol. The molecule has 1 aromatic carbocycles. The van der Waals surface area contributed by atoms with Gasteiger partial charge in [-0.15, -0.1) is 0 Å². The van der Waals surface area contributed by atoms with Crippen molar-refractivity contribution in [2.75, 3.05) is 6.61 Å². The number of allylic oxidation sites excluding steroid dienone is 1. The van der Waals surface area contributed by atoms with Crippen LogP contribution in [0.4, 0.5) is 0 Å². The predicted octanol–water partition coefficient (Wildman–Crippen LogP) is 2.82. The van der Waals surface area contributed by atoms with E-state index in [4.69, 9.17) is 4.74 Å². The minimum atomic E-state index is -0.289. The first-order chi connectivity index (χ1) is 9.31. The number of esters is 1. The van der Waals surface area contributed by atoms with Gasteiger partial charge in [0.2, 0.25) is 0 Å². The first-order valence-corrected chi connectivity index (χ1v) is 6.94. The summed E-state index contributed by atoms with van der Waals surface area (Å²) in [4.78, 5) is 12.0. The molecule has 1 unspecified atom stereocenters. The first kappa shape index (κ1) is 13.8. The molecule has 3 heteroatoms. The van der Waals surface area contributed by atoms with Crippen LogP contribution in [0.2, 0.25) is 0 Å². The number of benzene rings is 1. The SMILES string of the molecule is CCOC(=O)C(NCc1ccccc1)C1=CCCC1. The fraction of sp³-hybridized carbons (Fsp3) is 0.438. The maximum Gasteiger partial charge on any atom is 0.327 e. The van der Waals surface area contributed by atoms with Gasteiger partial charge in [0.15, 0.2) is 0 Å². The number of rotatable bonds is 6. The van der Waals surface area contributed by atoms with Crippen molar-refractivity contribution in [1.29, 1.82) is 0 Å². The summed E-state index contributed by atoms with van der Waals surface area (Å²) in [7, 11) is 0. The Balaban J connectivity index is 1.99. The summed E-state index contributed by atoms with van der Waals surface area (Å²) in [5.41, 5.74) is 2.35. The molecule has 102 valence electrons. The molecule has 1 N–H and O–H groups in total. The van der Waals surface area contributed by atoms with E-state index in [0.717, 1.165) is 19.3 Å². The molecular weight excluding hydrogens is 238 g/mol. The van der Waals surface area contributed by atoms with Crippen LogP contribution < -0.4 is 5.32 Å². The monoisotopic (exact) mass is 259 g/mol. The third kappa shape index (κ3) is 3.93. The lowest BCUT2D eigenvalue weighted by Crippen LogP contribution is -2.39. The molecule has 1 atom stereocenters. The number of carbonyl (C=O) groups is 1. The van der Waals surface area contributed by atoms with Gasteiger partial charge in [-0.2, -0.15) is 0 Å². The number of carbonyl (C=O) groups excluding carboxylic acids is 1. The van der Waals surface area contributed by atoms with Crippen molar-refractivity contribution in [2.24, 2.45) is 0 Å². The van der Waals surface area contributed by atoms with Gasteiger partial charge in [-0.25, -0.2) is 4.79 Å². The molecule has 0 heterocycles. The standard InChI is InChI=1S/C16H21NO2/c1-2-19-16(18)15(14-10-6-7-11-14)17-12-13-8-4-3-5-9-13/h3-5,8-10,15,17H,2,6-7,11-12H2,1H3. The van der Waals surface area contributed by atoms with Crippen LogP contribution in [0.3, 0.4) is 0 Å². The Morgan fingerprint density at radius 3 is 2.79 bits per heavy atom. The summed E-state index contributed by atoms with van der Waals surface area (Å²) in [6, 6.07) is 9.82. The van der Waals surface area contributed by atoms with Gasteiger partial charge in [0, 0.05) is 6.54 Å². The van der Waals surface area contributed by atoms with Gasteiger partial charge in [0.1, 0.15) is 6.04 Å². The quantitative estimate of drug-likeness (QED) is 0.630. The molecule has 0 saturated heterocycles. The second kappa shape index (κ2) is 7.10. The Kier molecular flexibility index (Phi) is 5.16.